The molecule has 1 aromatic carbocycles. The van der Waals surface area contributed by atoms with Crippen molar-refractivity contribution in [3.05, 3.63) is 24.3 Å². The van der Waals surface area contributed by atoms with Crippen LogP contribution in [-0.4, -0.2) is 51.2 Å². The van der Waals surface area contributed by atoms with Gasteiger partial charge in [0.2, 0.25) is 5.91 Å². The predicted octanol–water partition coefficient (Wildman–Crippen LogP) is 0.665. The number of amides is 1. The summed E-state index contributed by atoms with van der Waals surface area (Å²) in [6, 6.07) is 6.18. The Bertz CT molecular complexity index is 627. The van der Waals surface area contributed by atoms with Crippen molar-refractivity contribution in [1.29, 1.82) is 0 Å². The number of benzene rings is 1. The highest BCUT2D eigenvalue weighted by Crippen LogP contribution is 2.20. The summed E-state index contributed by atoms with van der Waals surface area (Å²) in [4.78, 5) is 14.1. The molecule has 6 nitrogen and oxygen atoms in total. The van der Waals surface area contributed by atoms with Crippen molar-refractivity contribution >= 4 is 15.7 Å². The van der Waals surface area contributed by atoms with Crippen molar-refractivity contribution < 1.29 is 17.9 Å². The third kappa shape index (κ3) is 3.78. The number of methoxy groups -OCH3 is 1. The molecular weight excluding hydrogens is 304 g/mol. The lowest BCUT2D eigenvalue weighted by atomic mass is 10.2. The zero-order valence-corrected chi connectivity index (χ0v) is 13.7. The Labute approximate surface area is 131 Å². The second kappa shape index (κ2) is 6.66. The Morgan fingerprint density at radius 3 is 2.55 bits per heavy atom. The minimum atomic E-state index is -3.51. The molecule has 0 spiro atoms. The Morgan fingerprint density at radius 1 is 1.41 bits per heavy atom. The van der Waals surface area contributed by atoms with Crippen LogP contribution in [0.1, 0.15) is 13.3 Å². The highest BCUT2D eigenvalue weighted by Gasteiger charge is 2.30. The number of nitrogens with zero attached hydrogens (tertiary/aromatic N) is 1. The van der Waals surface area contributed by atoms with Gasteiger partial charge in [0.05, 0.1) is 17.8 Å². The molecular formula is C15H22N2O4S. The largest absolute Gasteiger partial charge is 0.497 e. The van der Waals surface area contributed by atoms with Crippen LogP contribution in [0.5, 0.6) is 5.75 Å². The molecule has 1 aromatic rings. The fourth-order valence-corrected chi connectivity index (χ4v) is 4.12. The third-order valence-electron chi connectivity index (χ3n) is 3.85. The number of nitrogens with two attached hydrogens (primary N) is 1. The van der Waals surface area contributed by atoms with E-state index in [9.17, 15) is 13.2 Å². The average molecular weight is 326 g/mol. The van der Waals surface area contributed by atoms with Crippen LogP contribution >= 0.6 is 0 Å². The molecule has 0 radical (unpaired) electrons. The topological polar surface area (TPSA) is 89.7 Å². The van der Waals surface area contributed by atoms with Crippen molar-refractivity contribution in [2.75, 3.05) is 26.0 Å². The molecule has 1 aliphatic heterocycles. The number of carbonyl (C=O) groups excluding carboxylic acids is 1. The summed E-state index contributed by atoms with van der Waals surface area (Å²) in [5.74, 6) is -0.347. The minimum Gasteiger partial charge on any atom is -0.497 e. The van der Waals surface area contributed by atoms with Crippen LogP contribution in [0, 0.1) is 5.92 Å². The van der Waals surface area contributed by atoms with Crippen LogP contribution in [0.2, 0.25) is 0 Å². The minimum absolute atomic E-state index is 0.00524. The smallest absolute Gasteiger partial charge is 0.226 e. The average Bonchev–Trinajstić information content (AvgIpc) is 2.92. The standard InChI is InChI=1S/C15H22N2O4S/c1-11(15(18)17-8-7-12(16)9-17)10-22(19,20)14-5-3-13(21-2)4-6-14/h3-6,11-12H,7-10,16H2,1-2H3/t11-,12+/m1/s1. The molecule has 2 atom stereocenters. The summed E-state index contributed by atoms with van der Waals surface area (Å²) >= 11 is 0. The second-order valence-electron chi connectivity index (χ2n) is 5.69. The first-order chi connectivity index (χ1) is 10.3. The molecule has 0 aromatic heterocycles. The maximum Gasteiger partial charge on any atom is 0.226 e. The Morgan fingerprint density at radius 2 is 2.05 bits per heavy atom. The number of hydrogen-bond acceptors (Lipinski definition) is 5. The Hall–Kier alpha value is -1.60. The van der Waals surface area contributed by atoms with E-state index in [1.807, 2.05) is 0 Å². The van der Waals surface area contributed by atoms with Crippen LogP contribution in [-0.2, 0) is 14.6 Å². The first-order valence-corrected chi connectivity index (χ1v) is 8.90. The van der Waals surface area contributed by atoms with Gasteiger partial charge < -0.3 is 15.4 Å². The summed E-state index contributed by atoms with van der Waals surface area (Å²) in [7, 11) is -1.99. The highest BCUT2D eigenvalue weighted by atomic mass is 32.2. The van der Waals surface area contributed by atoms with Gasteiger partial charge >= 0.3 is 0 Å². The lowest BCUT2D eigenvalue weighted by molar-refractivity contribution is -0.133. The van der Waals surface area contributed by atoms with Crippen LogP contribution in [0.25, 0.3) is 0 Å². The fourth-order valence-electron chi connectivity index (χ4n) is 2.58. The molecule has 0 aliphatic carbocycles. The van der Waals surface area contributed by atoms with Gasteiger partial charge in [-0.15, -0.1) is 0 Å². The monoisotopic (exact) mass is 326 g/mol. The fraction of sp³-hybridized carbons (Fsp3) is 0.533. The zero-order valence-electron chi connectivity index (χ0n) is 12.9. The molecule has 1 amide bonds. The number of carbonyl (C=O) groups is 1. The van der Waals surface area contributed by atoms with Crippen LogP contribution in [0.3, 0.4) is 0 Å². The van der Waals surface area contributed by atoms with Gasteiger partial charge in [0.1, 0.15) is 5.75 Å². The van der Waals surface area contributed by atoms with Crippen molar-refractivity contribution in [2.45, 2.75) is 24.3 Å². The highest BCUT2D eigenvalue weighted by molar-refractivity contribution is 7.91. The van der Waals surface area contributed by atoms with E-state index in [-0.39, 0.29) is 22.6 Å². The van der Waals surface area contributed by atoms with Gasteiger partial charge in [0, 0.05) is 25.0 Å². The maximum absolute atomic E-state index is 12.4. The van der Waals surface area contributed by atoms with E-state index in [1.54, 1.807) is 24.0 Å². The van der Waals surface area contributed by atoms with Crippen LogP contribution in [0.4, 0.5) is 0 Å². The first-order valence-electron chi connectivity index (χ1n) is 7.24. The van der Waals surface area contributed by atoms with E-state index in [0.29, 0.717) is 18.8 Å². The van der Waals surface area contributed by atoms with Gasteiger partial charge in [-0.1, -0.05) is 6.92 Å². The van der Waals surface area contributed by atoms with Crippen LogP contribution in [0.15, 0.2) is 29.2 Å². The molecule has 0 saturated carbocycles. The SMILES string of the molecule is COc1ccc(S(=O)(=O)C[C@@H](C)C(=O)N2CC[C@H](N)C2)cc1. The number of rotatable bonds is 5. The molecule has 1 heterocycles. The molecule has 1 saturated heterocycles. The molecule has 1 aliphatic rings. The summed E-state index contributed by atoms with van der Waals surface area (Å²) in [6.07, 6.45) is 0.768. The molecule has 2 rings (SSSR count). The summed E-state index contributed by atoms with van der Waals surface area (Å²) < 4.78 is 29.8. The van der Waals surface area contributed by atoms with E-state index in [4.69, 9.17) is 10.5 Å². The number of likely N-dealkylation sites (tertiary alicyclic amines) is 1. The molecule has 7 heteroatoms. The number of hydrogen-bond donors (Lipinski definition) is 1. The van der Waals surface area contributed by atoms with E-state index < -0.39 is 15.8 Å². The van der Waals surface area contributed by atoms with E-state index in [0.717, 1.165) is 6.42 Å². The van der Waals surface area contributed by atoms with Gasteiger partial charge in [-0.2, -0.15) is 0 Å². The summed E-state index contributed by atoms with van der Waals surface area (Å²) in [6.45, 7) is 2.76. The van der Waals surface area contributed by atoms with E-state index in [2.05, 4.69) is 0 Å². The van der Waals surface area contributed by atoms with Crippen molar-refractivity contribution in [1.82, 2.24) is 4.90 Å². The quantitative estimate of drug-likeness (QED) is 0.859. The predicted molar refractivity (Wildman–Crippen MR) is 83.4 cm³/mol. The molecule has 0 unspecified atom stereocenters. The molecule has 22 heavy (non-hydrogen) atoms. The zero-order chi connectivity index (χ0) is 16.3. The molecule has 1 fully saturated rings. The second-order valence-corrected chi connectivity index (χ2v) is 7.73. The van der Waals surface area contributed by atoms with Gasteiger partial charge in [-0.05, 0) is 30.7 Å². The Kier molecular flexibility index (Phi) is 5.08. The van der Waals surface area contributed by atoms with Gasteiger partial charge in [-0.25, -0.2) is 8.42 Å². The van der Waals surface area contributed by atoms with Gasteiger partial charge in [0.25, 0.3) is 0 Å². The molecule has 0 bridgehead atoms. The number of sulfone groups is 1. The molecule has 122 valence electrons. The third-order valence-corrected chi connectivity index (χ3v) is 5.78. The van der Waals surface area contributed by atoms with Gasteiger partial charge in [-0.3, -0.25) is 4.79 Å². The van der Waals surface area contributed by atoms with Crippen LogP contribution < -0.4 is 10.5 Å². The van der Waals surface area contributed by atoms with Gasteiger partial charge in [0.15, 0.2) is 9.84 Å². The lowest BCUT2D eigenvalue weighted by Gasteiger charge is -2.20. The van der Waals surface area contributed by atoms with Crippen molar-refractivity contribution in [2.24, 2.45) is 11.7 Å². The number of ether oxygens (including phenoxy) is 1. The summed E-state index contributed by atoms with van der Waals surface area (Å²) in [5.41, 5.74) is 5.78. The molecule has 2 N–H and O–H groups in total. The van der Waals surface area contributed by atoms with E-state index >= 15 is 0 Å². The maximum atomic E-state index is 12.4. The van der Waals surface area contributed by atoms with E-state index in [1.165, 1.54) is 19.2 Å². The first kappa shape index (κ1) is 16.8. The summed E-state index contributed by atoms with van der Waals surface area (Å²) in [5, 5.41) is 0. The van der Waals surface area contributed by atoms with Crippen molar-refractivity contribution in [3.8, 4) is 5.75 Å². The normalized spacial score (nSPS) is 20.0. The lowest BCUT2D eigenvalue weighted by Crippen LogP contribution is -2.37. The Balaban J connectivity index is 2.05. The van der Waals surface area contributed by atoms with Crippen molar-refractivity contribution in [3.63, 3.8) is 0 Å².